The van der Waals surface area contributed by atoms with Crippen molar-refractivity contribution in [2.45, 2.75) is 64.4 Å². The maximum Gasteiger partial charge on any atom is 0.469 e. The second-order valence-electron chi connectivity index (χ2n) is 7.02. The lowest BCUT2D eigenvalue weighted by molar-refractivity contribution is -0.385. The Balaban J connectivity index is 3.78. The van der Waals surface area contributed by atoms with Gasteiger partial charge >= 0.3 is 13.8 Å². The molecule has 0 aliphatic rings. The van der Waals surface area contributed by atoms with E-state index in [1.54, 1.807) is 0 Å². The third kappa shape index (κ3) is 24.5. The molecule has 0 aromatic carbocycles. The summed E-state index contributed by atoms with van der Waals surface area (Å²) in [5.41, 5.74) is 0. The molecule has 0 spiro atoms. The summed E-state index contributed by atoms with van der Waals surface area (Å²) in [6.45, 7) is 0.677. The zero-order valence-corrected chi connectivity index (χ0v) is 20.4. The Morgan fingerprint density at radius 1 is 0.818 bits per heavy atom. The average molecular weight is 482 g/mol. The van der Waals surface area contributed by atoms with E-state index < -0.39 is 33.1 Å². The van der Waals surface area contributed by atoms with Crippen LogP contribution in [0.5, 0.6) is 0 Å². The van der Waals surface area contributed by atoms with Gasteiger partial charge in [0.2, 0.25) is 0 Å². The van der Waals surface area contributed by atoms with E-state index >= 15 is 0 Å². The molecule has 0 radical (unpaired) electrons. The SMILES string of the molecule is CC/C=C\C/C=C\C/C=C\C/C=C\C/C=C\C/C=C\CCC(=O)O[C@H](C[O-])COP(=O)(O)O. The molecule has 0 fully saturated rings. The fourth-order valence-corrected chi connectivity index (χ4v) is 2.74. The molecule has 0 saturated heterocycles. The van der Waals surface area contributed by atoms with Crippen LogP contribution in [-0.4, -0.2) is 35.1 Å². The molecule has 8 heteroatoms. The number of phosphoric ester groups is 1. The molecule has 2 N–H and O–H groups in total. The van der Waals surface area contributed by atoms with Gasteiger partial charge in [0.05, 0.1) is 6.61 Å². The second kappa shape index (κ2) is 21.8. The maximum atomic E-state index is 11.6. The highest BCUT2D eigenvalue weighted by Gasteiger charge is 2.18. The first kappa shape index (κ1) is 31.0. The molecule has 7 nitrogen and oxygen atoms in total. The van der Waals surface area contributed by atoms with Crippen molar-refractivity contribution in [1.82, 2.24) is 0 Å². The highest BCUT2D eigenvalue weighted by molar-refractivity contribution is 7.46. The molecular weight excluding hydrogens is 443 g/mol. The average Bonchev–Trinajstić information content (AvgIpc) is 2.77. The Morgan fingerprint density at radius 3 is 1.64 bits per heavy atom. The molecular formula is C25H38O7P-. The van der Waals surface area contributed by atoms with Gasteiger partial charge in [-0.1, -0.05) is 86.4 Å². The van der Waals surface area contributed by atoms with Gasteiger partial charge in [-0.3, -0.25) is 9.32 Å². The Hall–Kier alpha value is -2.02. The minimum atomic E-state index is -4.69. The van der Waals surface area contributed by atoms with Crippen LogP contribution in [0, 0.1) is 0 Å². The van der Waals surface area contributed by atoms with Crippen molar-refractivity contribution in [3.63, 3.8) is 0 Å². The number of ether oxygens (including phenoxy) is 1. The summed E-state index contributed by atoms with van der Waals surface area (Å²) >= 11 is 0. The Bertz CT molecular complexity index is 714. The van der Waals surface area contributed by atoms with E-state index in [0.717, 1.165) is 38.5 Å². The first-order chi connectivity index (χ1) is 15.9. The van der Waals surface area contributed by atoms with Crippen molar-refractivity contribution in [3.05, 3.63) is 72.9 Å². The predicted molar refractivity (Wildman–Crippen MR) is 130 cm³/mol. The fourth-order valence-electron chi connectivity index (χ4n) is 2.38. The number of hydrogen-bond acceptors (Lipinski definition) is 5. The Kier molecular flexibility index (Phi) is 20.5. The third-order valence-electron chi connectivity index (χ3n) is 4.02. The quantitative estimate of drug-likeness (QED) is 0.154. The Morgan fingerprint density at radius 2 is 1.24 bits per heavy atom. The molecule has 0 saturated carbocycles. The van der Waals surface area contributed by atoms with Crippen LogP contribution in [0.25, 0.3) is 0 Å². The van der Waals surface area contributed by atoms with Crippen molar-refractivity contribution >= 4 is 13.8 Å². The van der Waals surface area contributed by atoms with E-state index in [1.165, 1.54) is 0 Å². The third-order valence-corrected chi connectivity index (χ3v) is 4.51. The smallest absolute Gasteiger partial charge is 0.469 e. The fraction of sp³-hybridized carbons (Fsp3) is 0.480. The van der Waals surface area contributed by atoms with Crippen molar-refractivity contribution in [2.24, 2.45) is 0 Å². The summed E-state index contributed by atoms with van der Waals surface area (Å²) < 4.78 is 19.6. The predicted octanol–water partition coefficient (Wildman–Crippen LogP) is 4.85. The number of carbonyl (C=O) groups excluding carboxylic acids is 1. The van der Waals surface area contributed by atoms with Crippen molar-refractivity contribution in [2.75, 3.05) is 13.2 Å². The van der Waals surface area contributed by atoms with E-state index in [4.69, 9.17) is 14.5 Å². The highest BCUT2D eigenvalue weighted by Crippen LogP contribution is 2.35. The first-order valence-corrected chi connectivity index (χ1v) is 12.8. The van der Waals surface area contributed by atoms with Crippen molar-refractivity contribution in [3.8, 4) is 0 Å². The number of phosphoric acid groups is 1. The van der Waals surface area contributed by atoms with Gasteiger partial charge in [0.1, 0.15) is 6.10 Å². The lowest BCUT2D eigenvalue weighted by Gasteiger charge is -2.20. The van der Waals surface area contributed by atoms with Crippen LogP contribution in [0.3, 0.4) is 0 Å². The maximum absolute atomic E-state index is 11.6. The highest BCUT2D eigenvalue weighted by atomic mass is 31.2. The minimum Gasteiger partial charge on any atom is -0.852 e. The minimum absolute atomic E-state index is 0.0780. The van der Waals surface area contributed by atoms with Crippen LogP contribution < -0.4 is 5.11 Å². The molecule has 0 aromatic heterocycles. The monoisotopic (exact) mass is 481 g/mol. The molecule has 0 rings (SSSR count). The van der Waals surface area contributed by atoms with Gasteiger partial charge in [0, 0.05) is 6.42 Å². The van der Waals surface area contributed by atoms with E-state index in [2.05, 4.69) is 66.1 Å². The van der Waals surface area contributed by atoms with E-state index in [9.17, 15) is 14.5 Å². The largest absolute Gasteiger partial charge is 0.852 e. The van der Waals surface area contributed by atoms with Gasteiger partial charge in [0.25, 0.3) is 0 Å². The van der Waals surface area contributed by atoms with Gasteiger partial charge in [-0.05, 0) is 44.9 Å². The van der Waals surface area contributed by atoms with Crippen molar-refractivity contribution < 1.29 is 33.5 Å². The summed E-state index contributed by atoms with van der Waals surface area (Å²) in [6.07, 6.45) is 30.1. The van der Waals surface area contributed by atoms with Gasteiger partial charge in [-0.15, -0.1) is 0 Å². The number of allylic oxidation sites excluding steroid dienone is 12. The Labute approximate surface area is 198 Å². The van der Waals surface area contributed by atoms with Gasteiger partial charge in [0.15, 0.2) is 0 Å². The number of esters is 1. The second-order valence-corrected chi connectivity index (χ2v) is 8.26. The topological polar surface area (TPSA) is 116 Å². The number of carbonyl (C=O) groups is 1. The van der Waals surface area contributed by atoms with Crippen molar-refractivity contribution in [1.29, 1.82) is 0 Å². The van der Waals surface area contributed by atoms with Gasteiger partial charge in [-0.25, -0.2) is 4.57 Å². The summed E-state index contributed by atoms with van der Waals surface area (Å²) in [5, 5.41) is 10.9. The summed E-state index contributed by atoms with van der Waals surface area (Å²) in [7, 11) is -4.69. The molecule has 186 valence electrons. The molecule has 0 unspecified atom stereocenters. The first-order valence-electron chi connectivity index (χ1n) is 11.3. The molecule has 0 heterocycles. The zero-order chi connectivity index (χ0) is 24.6. The van der Waals surface area contributed by atoms with E-state index in [0.29, 0.717) is 6.42 Å². The summed E-state index contributed by atoms with van der Waals surface area (Å²) in [4.78, 5) is 28.8. The van der Waals surface area contributed by atoms with Crippen LogP contribution in [-0.2, 0) is 18.6 Å². The van der Waals surface area contributed by atoms with Crippen LogP contribution in [0.15, 0.2) is 72.9 Å². The zero-order valence-electron chi connectivity index (χ0n) is 19.5. The van der Waals surface area contributed by atoms with Crippen LogP contribution >= 0.6 is 7.82 Å². The van der Waals surface area contributed by atoms with Crippen LogP contribution in [0.2, 0.25) is 0 Å². The van der Waals surface area contributed by atoms with E-state index in [-0.39, 0.29) is 6.42 Å². The molecule has 33 heavy (non-hydrogen) atoms. The van der Waals surface area contributed by atoms with Crippen LogP contribution in [0.4, 0.5) is 0 Å². The lowest BCUT2D eigenvalue weighted by atomic mass is 10.2. The van der Waals surface area contributed by atoms with E-state index in [1.807, 2.05) is 18.2 Å². The summed E-state index contributed by atoms with van der Waals surface area (Å²) in [6, 6.07) is 0. The number of hydrogen-bond donors (Lipinski definition) is 2. The number of rotatable bonds is 19. The normalized spacial score (nSPS) is 14.2. The standard InChI is InChI=1S/C25H38O7P/c1-2-3-4-5-6-7-8-9-10-11-12-13-14-15-16-17-18-19-20-21-25(27)32-24(22-26)23-31-33(28,29)30/h3-4,6-7,9-10,12-13,15-16,18-19,24H,2,5,8,11,14,17,20-23H2,1H3,(H2,28,29,30)/q-1/b4-3-,7-6-,10-9-,13-12-,16-15-,19-18-/t24-/m1/s1. The lowest BCUT2D eigenvalue weighted by Crippen LogP contribution is -2.32. The molecule has 1 atom stereocenters. The van der Waals surface area contributed by atoms with Crippen LogP contribution in [0.1, 0.15) is 58.3 Å². The van der Waals surface area contributed by atoms with Gasteiger partial charge in [-0.2, -0.15) is 0 Å². The molecule has 0 aliphatic carbocycles. The molecule has 0 aromatic rings. The molecule has 0 aliphatic heterocycles. The molecule has 0 amide bonds. The molecule has 0 bridgehead atoms. The van der Waals surface area contributed by atoms with Gasteiger partial charge < -0.3 is 19.6 Å². The summed E-state index contributed by atoms with van der Waals surface area (Å²) in [5.74, 6) is -0.607.